The van der Waals surface area contributed by atoms with E-state index in [4.69, 9.17) is 42.6 Å². The van der Waals surface area contributed by atoms with Gasteiger partial charge in [-0.2, -0.15) is 0 Å². The average molecular weight is 697 g/mol. The van der Waals surface area contributed by atoms with Gasteiger partial charge in [0.1, 0.15) is 11.2 Å². The molecule has 3 aromatic rings. The van der Waals surface area contributed by atoms with Gasteiger partial charge in [-0.05, 0) is 37.5 Å². The van der Waals surface area contributed by atoms with Crippen LogP contribution in [0, 0.1) is 0 Å². The highest BCUT2D eigenvalue weighted by Gasteiger charge is 2.37. The Hall–Kier alpha value is -3.19. The first kappa shape index (κ1) is 41.2. The van der Waals surface area contributed by atoms with Crippen LogP contribution >= 0.6 is 0 Å². The third kappa shape index (κ3) is 16.7. The normalized spacial score (nSPS) is 11.9. The van der Waals surface area contributed by atoms with Gasteiger partial charge in [0.15, 0.2) is 0 Å². The van der Waals surface area contributed by atoms with Crippen LogP contribution in [0.15, 0.2) is 91.0 Å². The molecule has 0 aliphatic heterocycles. The molecule has 0 heterocycles. The molecular weight excluding hydrogens is 640 g/mol. The largest absolute Gasteiger partial charge is 0.460 e. The molecular formula is C40H56O10. The number of carbonyl (C=O) groups excluding carboxylic acids is 1. The Morgan fingerprint density at radius 3 is 1.00 bits per heavy atom. The van der Waals surface area contributed by atoms with E-state index in [1.54, 1.807) is 0 Å². The van der Waals surface area contributed by atoms with Crippen molar-refractivity contribution in [3.05, 3.63) is 108 Å². The van der Waals surface area contributed by atoms with Crippen LogP contribution in [-0.2, 0) is 53.0 Å². The first-order valence-corrected chi connectivity index (χ1v) is 17.5. The van der Waals surface area contributed by atoms with Gasteiger partial charge in [0.05, 0.1) is 106 Å². The average Bonchev–Trinajstić information content (AvgIpc) is 3.12. The van der Waals surface area contributed by atoms with Crippen LogP contribution in [0.4, 0.5) is 0 Å². The molecule has 3 aromatic carbocycles. The van der Waals surface area contributed by atoms with E-state index < -0.39 is 11.2 Å². The summed E-state index contributed by atoms with van der Waals surface area (Å²) in [7, 11) is 0. The molecule has 10 heteroatoms. The van der Waals surface area contributed by atoms with Crippen LogP contribution in [0.2, 0.25) is 0 Å². The molecule has 10 nitrogen and oxygen atoms in total. The molecule has 0 N–H and O–H groups in total. The number of ether oxygens (including phenoxy) is 9. The minimum atomic E-state index is -0.753. The van der Waals surface area contributed by atoms with E-state index in [1.165, 1.54) is 0 Å². The van der Waals surface area contributed by atoms with Crippen molar-refractivity contribution in [3.63, 3.8) is 0 Å². The summed E-state index contributed by atoms with van der Waals surface area (Å²) in [5.41, 5.74) is 1.96. The van der Waals surface area contributed by atoms with Crippen molar-refractivity contribution in [3.8, 4) is 0 Å². The van der Waals surface area contributed by atoms with E-state index in [9.17, 15) is 4.79 Å². The molecule has 0 unspecified atom stereocenters. The van der Waals surface area contributed by atoms with E-state index in [2.05, 4.69) is 36.4 Å². The zero-order valence-corrected chi connectivity index (χ0v) is 30.1. The molecule has 50 heavy (non-hydrogen) atoms. The van der Waals surface area contributed by atoms with Crippen molar-refractivity contribution >= 4 is 5.97 Å². The molecule has 0 amide bonds. The predicted molar refractivity (Wildman–Crippen MR) is 191 cm³/mol. The second-order valence-corrected chi connectivity index (χ2v) is 12.3. The lowest BCUT2D eigenvalue weighted by molar-refractivity contribution is -0.156. The smallest absolute Gasteiger partial charge is 0.308 e. The van der Waals surface area contributed by atoms with E-state index in [1.807, 2.05) is 75.4 Å². The molecule has 0 bridgehead atoms. The van der Waals surface area contributed by atoms with E-state index in [0.717, 1.165) is 16.7 Å². The minimum absolute atomic E-state index is 0.231. The fourth-order valence-corrected chi connectivity index (χ4v) is 4.99. The first-order chi connectivity index (χ1) is 24.4. The minimum Gasteiger partial charge on any atom is -0.460 e. The van der Waals surface area contributed by atoms with E-state index >= 15 is 0 Å². The first-order valence-electron chi connectivity index (χ1n) is 17.5. The van der Waals surface area contributed by atoms with Gasteiger partial charge in [-0.15, -0.1) is 0 Å². The highest BCUT2D eigenvalue weighted by Crippen LogP contribution is 2.40. The van der Waals surface area contributed by atoms with Crippen molar-refractivity contribution in [2.24, 2.45) is 0 Å². The number of rotatable bonds is 28. The van der Waals surface area contributed by atoms with Crippen molar-refractivity contribution < 1.29 is 47.4 Å². The Kier molecular flexibility index (Phi) is 20.5. The second kappa shape index (κ2) is 24.9. The second-order valence-electron chi connectivity index (χ2n) is 12.3. The topological polar surface area (TPSA) is 100 Å². The molecule has 0 radical (unpaired) electrons. The number of hydrogen-bond donors (Lipinski definition) is 0. The third-order valence-electron chi connectivity index (χ3n) is 7.19. The van der Waals surface area contributed by atoms with Crippen molar-refractivity contribution in [1.29, 1.82) is 0 Å². The Morgan fingerprint density at radius 2 is 0.700 bits per heavy atom. The monoisotopic (exact) mass is 696 g/mol. The van der Waals surface area contributed by atoms with Crippen LogP contribution in [0.1, 0.15) is 43.9 Å². The molecule has 0 saturated carbocycles. The molecule has 276 valence electrons. The van der Waals surface area contributed by atoms with Gasteiger partial charge in [0.25, 0.3) is 0 Å². The van der Waals surface area contributed by atoms with Gasteiger partial charge in [-0.25, -0.2) is 0 Å². The van der Waals surface area contributed by atoms with Crippen LogP contribution in [-0.4, -0.2) is 111 Å². The van der Waals surface area contributed by atoms with Gasteiger partial charge in [-0.1, -0.05) is 91.0 Å². The number of hydrogen-bond acceptors (Lipinski definition) is 10. The fraction of sp³-hybridized carbons (Fsp3) is 0.525. The van der Waals surface area contributed by atoms with Crippen LogP contribution in [0.5, 0.6) is 0 Å². The Morgan fingerprint density at radius 1 is 0.420 bits per heavy atom. The lowest BCUT2D eigenvalue weighted by Gasteiger charge is -2.36. The standard InChI is InChI=1S/C40H56O10/c1-39(2,3)50-38(41)19-20-42-21-22-43-23-24-44-25-26-45-27-28-46-29-30-47-31-32-48-33-34-49-40(35-13-7-4-8-14-35,36-15-9-5-10-16-36)37-17-11-6-12-18-37/h4-18H,19-34H2,1-3H3. The predicted octanol–water partition coefficient (Wildman–Crippen LogP) is 5.84. The van der Waals surface area contributed by atoms with Crippen molar-refractivity contribution in [1.82, 2.24) is 0 Å². The van der Waals surface area contributed by atoms with Crippen LogP contribution < -0.4 is 0 Å². The summed E-state index contributed by atoms with van der Waals surface area (Å²) in [6.45, 7) is 12.3. The maximum absolute atomic E-state index is 11.6. The van der Waals surface area contributed by atoms with Gasteiger partial charge < -0.3 is 42.6 Å². The summed E-state index contributed by atoms with van der Waals surface area (Å²) in [4.78, 5) is 11.6. The highest BCUT2D eigenvalue weighted by molar-refractivity contribution is 5.69. The van der Waals surface area contributed by atoms with E-state index in [0.29, 0.717) is 99.1 Å². The molecule has 0 atom stereocenters. The van der Waals surface area contributed by atoms with E-state index in [-0.39, 0.29) is 12.4 Å². The van der Waals surface area contributed by atoms with Crippen LogP contribution in [0.25, 0.3) is 0 Å². The van der Waals surface area contributed by atoms with Gasteiger partial charge >= 0.3 is 5.97 Å². The molecule has 3 rings (SSSR count). The summed E-state index contributed by atoms with van der Waals surface area (Å²) in [5, 5.41) is 0. The number of carbonyl (C=O) groups is 1. The summed E-state index contributed by atoms with van der Waals surface area (Å²) in [6, 6.07) is 30.9. The van der Waals surface area contributed by atoms with Gasteiger partial charge in [0, 0.05) is 0 Å². The zero-order valence-electron chi connectivity index (χ0n) is 30.1. The summed E-state index contributed by atoms with van der Waals surface area (Å²) in [5.74, 6) is -0.264. The van der Waals surface area contributed by atoms with Crippen LogP contribution in [0.3, 0.4) is 0 Å². The Labute approximate surface area is 298 Å². The fourth-order valence-electron chi connectivity index (χ4n) is 4.99. The van der Waals surface area contributed by atoms with Gasteiger partial charge in [0.2, 0.25) is 0 Å². The quantitative estimate of drug-likeness (QED) is 0.0523. The van der Waals surface area contributed by atoms with Crippen molar-refractivity contribution in [2.45, 2.75) is 38.4 Å². The SMILES string of the molecule is CC(C)(C)OC(=O)CCOCCOCCOCCOCCOCCOCCOCCOC(c1ccccc1)(c1ccccc1)c1ccccc1. The lowest BCUT2D eigenvalue weighted by Crippen LogP contribution is -2.34. The number of benzene rings is 3. The Bertz CT molecular complexity index is 1150. The maximum Gasteiger partial charge on any atom is 0.308 e. The molecule has 0 fully saturated rings. The summed E-state index contributed by atoms with van der Waals surface area (Å²) >= 11 is 0. The summed E-state index contributed by atoms with van der Waals surface area (Å²) < 4.78 is 50.8. The molecule has 0 saturated heterocycles. The third-order valence-corrected chi connectivity index (χ3v) is 7.19. The van der Waals surface area contributed by atoms with Crippen molar-refractivity contribution in [2.75, 3.05) is 99.1 Å². The number of esters is 1. The lowest BCUT2D eigenvalue weighted by atomic mass is 9.80. The molecule has 0 spiro atoms. The molecule has 0 aliphatic rings. The molecule has 0 aromatic heterocycles. The maximum atomic E-state index is 11.6. The Balaban J connectivity index is 1.13. The zero-order chi connectivity index (χ0) is 35.6. The van der Waals surface area contributed by atoms with Gasteiger partial charge in [-0.3, -0.25) is 4.79 Å². The summed E-state index contributed by atoms with van der Waals surface area (Å²) in [6.07, 6.45) is 0.231. The highest BCUT2D eigenvalue weighted by atomic mass is 16.6. The molecule has 0 aliphatic carbocycles.